The third-order valence-corrected chi connectivity index (χ3v) is 9.59. The minimum absolute atomic E-state index is 0.0531. The average molecular weight is 729 g/mol. The van der Waals surface area contributed by atoms with Crippen LogP contribution in [0.1, 0.15) is 70.0 Å². The number of nitrogens with zero attached hydrogens (tertiary/aromatic N) is 2. The van der Waals surface area contributed by atoms with Gasteiger partial charge in [-0.25, -0.2) is 0 Å². The topological polar surface area (TPSA) is 134 Å². The Morgan fingerprint density at radius 1 is 0.815 bits per heavy atom. The number of allylic oxidation sites excluding steroid dienone is 1. The molecule has 2 aliphatic heterocycles. The van der Waals surface area contributed by atoms with E-state index in [0.29, 0.717) is 25.4 Å². The summed E-state index contributed by atoms with van der Waals surface area (Å²) in [7, 11) is 1.73. The standard InChI is InChI=1S/C43H44N4O7/c1-3-33(29-11-6-4-7-12-29)39(30-13-8-5-9-14-30)31-17-19-32(20-18-31)54-28-25-46(2)38(49)23-26-53-27-24-44-35-16-10-15-34-40(35)43(52)47(42(34)51)36-21-22-37(48)45-41(36)50/h4-20,36,44H,3,21-28H2,1-2H3,(H,45,48,50). The van der Waals surface area contributed by atoms with Gasteiger partial charge in [-0.2, -0.15) is 0 Å². The molecule has 54 heavy (non-hydrogen) atoms. The number of amides is 5. The van der Waals surface area contributed by atoms with Crippen LogP contribution in [-0.2, 0) is 19.1 Å². The Kier molecular flexibility index (Phi) is 12.3. The van der Waals surface area contributed by atoms with Crippen molar-refractivity contribution in [1.29, 1.82) is 0 Å². The van der Waals surface area contributed by atoms with Crippen molar-refractivity contribution >= 4 is 46.4 Å². The summed E-state index contributed by atoms with van der Waals surface area (Å²) in [6.07, 6.45) is 1.21. The predicted molar refractivity (Wildman–Crippen MR) is 206 cm³/mol. The number of carbonyl (C=O) groups excluding carboxylic acids is 5. The molecule has 278 valence electrons. The first-order valence-electron chi connectivity index (χ1n) is 18.2. The molecule has 1 atom stereocenters. The normalized spacial score (nSPS) is 15.7. The summed E-state index contributed by atoms with van der Waals surface area (Å²) in [5.41, 5.74) is 6.74. The number of anilines is 1. The largest absolute Gasteiger partial charge is 0.492 e. The predicted octanol–water partition coefficient (Wildman–Crippen LogP) is 5.81. The van der Waals surface area contributed by atoms with Gasteiger partial charge >= 0.3 is 0 Å². The molecule has 0 aromatic heterocycles. The molecule has 6 rings (SSSR count). The number of rotatable bonds is 16. The van der Waals surface area contributed by atoms with Gasteiger partial charge in [0.1, 0.15) is 18.4 Å². The second-order valence-electron chi connectivity index (χ2n) is 13.1. The molecule has 4 aromatic carbocycles. The number of fused-ring (bicyclic) bond motifs is 1. The van der Waals surface area contributed by atoms with Gasteiger partial charge in [0, 0.05) is 25.7 Å². The van der Waals surface area contributed by atoms with E-state index in [2.05, 4.69) is 78.2 Å². The maximum Gasteiger partial charge on any atom is 0.264 e. The van der Waals surface area contributed by atoms with E-state index < -0.39 is 29.7 Å². The molecule has 0 saturated carbocycles. The maximum atomic E-state index is 13.3. The molecule has 4 aromatic rings. The van der Waals surface area contributed by atoms with Crippen LogP contribution in [0.25, 0.3) is 11.1 Å². The summed E-state index contributed by atoms with van der Waals surface area (Å²) in [4.78, 5) is 65.6. The van der Waals surface area contributed by atoms with Crippen molar-refractivity contribution < 1.29 is 33.4 Å². The number of imide groups is 2. The van der Waals surface area contributed by atoms with Crippen molar-refractivity contribution in [3.05, 3.63) is 131 Å². The molecule has 0 aliphatic carbocycles. The highest BCUT2D eigenvalue weighted by atomic mass is 16.5. The number of nitrogens with one attached hydrogen (secondary N) is 2. The molecule has 0 radical (unpaired) electrons. The summed E-state index contributed by atoms with van der Waals surface area (Å²) in [6, 6.07) is 32.8. The first-order valence-corrected chi connectivity index (χ1v) is 18.2. The molecule has 2 aliphatic rings. The fourth-order valence-electron chi connectivity index (χ4n) is 6.80. The fourth-order valence-corrected chi connectivity index (χ4v) is 6.80. The Bertz CT molecular complexity index is 2030. The van der Waals surface area contributed by atoms with Crippen LogP contribution in [0.2, 0.25) is 0 Å². The van der Waals surface area contributed by atoms with Gasteiger partial charge in [0.25, 0.3) is 11.8 Å². The number of ether oxygens (including phenoxy) is 2. The van der Waals surface area contributed by atoms with Gasteiger partial charge in [0.2, 0.25) is 17.7 Å². The molecule has 11 heteroatoms. The molecule has 0 bridgehead atoms. The van der Waals surface area contributed by atoms with Crippen molar-refractivity contribution in [3.8, 4) is 5.75 Å². The minimum atomic E-state index is -1.03. The highest BCUT2D eigenvalue weighted by Gasteiger charge is 2.45. The van der Waals surface area contributed by atoms with Gasteiger partial charge in [-0.15, -0.1) is 0 Å². The number of hydrogen-bond acceptors (Lipinski definition) is 8. The Balaban J connectivity index is 0.939. The molecule has 0 spiro atoms. The molecule has 2 heterocycles. The first-order chi connectivity index (χ1) is 26.3. The lowest BCUT2D eigenvalue weighted by Gasteiger charge is -2.27. The van der Waals surface area contributed by atoms with E-state index in [-0.39, 0.29) is 49.5 Å². The smallest absolute Gasteiger partial charge is 0.264 e. The van der Waals surface area contributed by atoms with Crippen LogP contribution < -0.4 is 15.4 Å². The Hall–Kier alpha value is -6.07. The van der Waals surface area contributed by atoms with Crippen LogP contribution in [0.3, 0.4) is 0 Å². The summed E-state index contributed by atoms with van der Waals surface area (Å²) in [6.45, 7) is 3.71. The number of piperidine rings is 1. The van der Waals surface area contributed by atoms with E-state index in [9.17, 15) is 24.0 Å². The van der Waals surface area contributed by atoms with E-state index in [1.54, 1.807) is 30.1 Å². The minimum Gasteiger partial charge on any atom is -0.492 e. The molecule has 11 nitrogen and oxygen atoms in total. The highest BCUT2D eigenvalue weighted by Crippen LogP contribution is 2.35. The molecular weight excluding hydrogens is 684 g/mol. The first kappa shape index (κ1) is 37.7. The zero-order chi connectivity index (χ0) is 38.0. The lowest BCUT2D eigenvalue weighted by Crippen LogP contribution is -2.54. The van der Waals surface area contributed by atoms with E-state index in [0.717, 1.165) is 28.2 Å². The second-order valence-corrected chi connectivity index (χ2v) is 13.1. The van der Waals surface area contributed by atoms with E-state index >= 15 is 0 Å². The highest BCUT2D eigenvalue weighted by molar-refractivity contribution is 6.25. The lowest BCUT2D eigenvalue weighted by molar-refractivity contribution is -0.136. The average Bonchev–Trinajstić information content (AvgIpc) is 3.45. The fraction of sp³-hybridized carbons (Fsp3) is 0.279. The number of carbonyl (C=O) groups is 5. The Morgan fingerprint density at radius 3 is 2.19 bits per heavy atom. The van der Waals surface area contributed by atoms with E-state index in [1.165, 1.54) is 16.7 Å². The van der Waals surface area contributed by atoms with Gasteiger partial charge in [0.15, 0.2) is 0 Å². The summed E-state index contributed by atoms with van der Waals surface area (Å²) >= 11 is 0. The zero-order valence-corrected chi connectivity index (χ0v) is 30.5. The van der Waals surface area contributed by atoms with Crippen molar-refractivity contribution in [3.63, 3.8) is 0 Å². The van der Waals surface area contributed by atoms with Crippen molar-refractivity contribution in [2.45, 2.75) is 38.6 Å². The quantitative estimate of drug-likeness (QED) is 0.0839. The Morgan fingerprint density at radius 2 is 1.50 bits per heavy atom. The molecule has 2 N–H and O–H groups in total. The molecule has 1 fully saturated rings. The zero-order valence-electron chi connectivity index (χ0n) is 30.5. The van der Waals surface area contributed by atoms with Crippen LogP contribution in [0.5, 0.6) is 5.75 Å². The number of likely N-dealkylation sites (N-methyl/N-ethyl adjacent to an activating group) is 1. The monoisotopic (exact) mass is 728 g/mol. The third kappa shape index (κ3) is 8.58. The molecular formula is C43H44N4O7. The summed E-state index contributed by atoms with van der Waals surface area (Å²) < 4.78 is 11.7. The van der Waals surface area contributed by atoms with Gasteiger partial charge in [-0.1, -0.05) is 85.8 Å². The van der Waals surface area contributed by atoms with Gasteiger partial charge < -0.3 is 19.7 Å². The molecule has 5 amide bonds. The van der Waals surface area contributed by atoms with Crippen LogP contribution in [0.15, 0.2) is 103 Å². The number of hydrogen-bond donors (Lipinski definition) is 2. The third-order valence-electron chi connectivity index (χ3n) is 9.59. The lowest BCUT2D eigenvalue weighted by atomic mass is 9.88. The Labute approximate surface area is 314 Å². The summed E-state index contributed by atoms with van der Waals surface area (Å²) in [5.74, 6) is -1.58. The molecule has 1 saturated heterocycles. The van der Waals surface area contributed by atoms with Crippen molar-refractivity contribution in [2.24, 2.45) is 0 Å². The maximum absolute atomic E-state index is 13.3. The summed E-state index contributed by atoms with van der Waals surface area (Å²) in [5, 5.41) is 5.33. The van der Waals surface area contributed by atoms with Gasteiger partial charge in [-0.05, 0) is 64.9 Å². The van der Waals surface area contributed by atoms with Crippen molar-refractivity contribution in [2.75, 3.05) is 45.3 Å². The number of benzene rings is 4. The van der Waals surface area contributed by atoms with Gasteiger partial charge in [-0.3, -0.25) is 34.2 Å². The van der Waals surface area contributed by atoms with Gasteiger partial charge in [0.05, 0.1) is 37.3 Å². The second kappa shape index (κ2) is 17.6. The molecule has 1 unspecified atom stereocenters. The van der Waals surface area contributed by atoms with Crippen LogP contribution in [-0.4, -0.2) is 85.3 Å². The van der Waals surface area contributed by atoms with E-state index in [1.807, 2.05) is 24.3 Å². The van der Waals surface area contributed by atoms with Crippen LogP contribution in [0, 0.1) is 0 Å². The van der Waals surface area contributed by atoms with Crippen molar-refractivity contribution in [1.82, 2.24) is 15.1 Å². The SMILES string of the molecule is CCC(=C(c1ccccc1)c1ccc(OCCN(C)C(=O)CCOCCNc2cccc3c2C(=O)N(C2CCC(=O)NC2=O)C3=O)cc1)c1ccccc1. The van der Waals surface area contributed by atoms with Crippen LogP contribution in [0.4, 0.5) is 5.69 Å². The van der Waals surface area contributed by atoms with Crippen LogP contribution >= 0.6 is 0 Å². The van der Waals surface area contributed by atoms with E-state index in [4.69, 9.17) is 9.47 Å².